The van der Waals surface area contributed by atoms with Gasteiger partial charge in [0.15, 0.2) is 12.5 Å². The molecule has 12 heteroatoms. The van der Waals surface area contributed by atoms with Crippen LogP contribution in [0.4, 0.5) is 0 Å². The highest BCUT2D eigenvalue weighted by Crippen LogP contribution is 2.14. The van der Waals surface area contributed by atoms with Crippen molar-refractivity contribution in [1.29, 1.82) is 0 Å². The van der Waals surface area contributed by atoms with Crippen molar-refractivity contribution in [2.75, 3.05) is 19.8 Å². The highest BCUT2D eigenvalue weighted by molar-refractivity contribution is 5.85. The molecular weight excluding hydrogens is 458 g/mol. The zero-order valence-corrected chi connectivity index (χ0v) is 21.5. The van der Waals surface area contributed by atoms with Crippen molar-refractivity contribution in [2.24, 2.45) is 5.41 Å². The van der Waals surface area contributed by atoms with E-state index < -0.39 is 23.4 Å². The molecule has 0 aliphatic carbocycles. The molecule has 0 saturated carbocycles. The lowest BCUT2D eigenvalue weighted by Crippen LogP contribution is -2.47. The average Bonchev–Trinajstić information content (AvgIpc) is 3.16. The number of carboxylic acids is 1. The Kier molecular flexibility index (Phi) is 12.0. The zero-order valence-electron chi connectivity index (χ0n) is 21.5. The Balaban J connectivity index is 2.26. The number of ether oxygens (including phenoxy) is 2. The molecule has 198 valence electrons. The number of amides is 1. The van der Waals surface area contributed by atoms with Crippen molar-refractivity contribution in [2.45, 2.75) is 85.5 Å². The summed E-state index contributed by atoms with van der Waals surface area (Å²) >= 11 is 0. The molecule has 0 aliphatic heterocycles. The first-order chi connectivity index (χ1) is 16.2. The summed E-state index contributed by atoms with van der Waals surface area (Å²) in [4.78, 5) is 46.9. The maximum absolute atomic E-state index is 12.1. The van der Waals surface area contributed by atoms with Gasteiger partial charge in [-0.15, -0.1) is 5.10 Å². The van der Waals surface area contributed by atoms with Gasteiger partial charge in [0.2, 0.25) is 5.91 Å². The van der Waals surface area contributed by atoms with Gasteiger partial charge in [0.25, 0.3) is 0 Å². The average molecular weight is 498 g/mol. The van der Waals surface area contributed by atoms with E-state index in [4.69, 9.17) is 9.47 Å². The van der Waals surface area contributed by atoms with E-state index in [-0.39, 0.29) is 43.6 Å². The molecule has 1 rings (SSSR count). The SMILES string of the molecule is CC(C)(C)N[C@H](CCCCNC(=O)Cc1cn(COC(=O)COCC(=O)C(C)(C)C)nn1)C(=O)O. The first kappa shape index (κ1) is 30.2. The summed E-state index contributed by atoms with van der Waals surface area (Å²) < 4.78 is 11.4. The minimum atomic E-state index is -0.888. The van der Waals surface area contributed by atoms with Crippen LogP contribution < -0.4 is 10.6 Å². The number of carbonyl (C=O) groups excluding carboxylic acids is 3. The molecule has 0 fully saturated rings. The van der Waals surface area contributed by atoms with Crippen molar-refractivity contribution in [3.8, 4) is 0 Å². The predicted molar refractivity (Wildman–Crippen MR) is 126 cm³/mol. The lowest BCUT2D eigenvalue weighted by Gasteiger charge is -2.26. The smallest absolute Gasteiger partial charge is 0.333 e. The Morgan fingerprint density at radius 1 is 1.09 bits per heavy atom. The number of unbranched alkanes of at least 4 members (excludes halogenated alkanes) is 1. The topological polar surface area (TPSA) is 162 Å². The summed E-state index contributed by atoms with van der Waals surface area (Å²) in [6, 6.07) is -0.632. The number of ketones is 1. The van der Waals surface area contributed by atoms with Crippen LogP contribution in [0.25, 0.3) is 0 Å². The summed E-state index contributed by atoms with van der Waals surface area (Å²) in [6.07, 6.45) is 3.26. The highest BCUT2D eigenvalue weighted by atomic mass is 16.6. The number of hydrogen-bond acceptors (Lipinski definition) is 9. The molecule has 1 heterocycles. The van der Waals surface area contributed by atoms with Crippen LogP contribution in [-0.4, -0.2) is 75.1 Å². The number of rotatable bonds is 15. The normalized spacial score (nSPS) is 12.7. The van der Waals surface area contributed by atoms with Gasteiger partial charge >= 0.3 is 11.9 Å². The summed E-state index contributed by atoms with van der Waals surface area (Å²) in [5.41, 5.74) is -0.431. The van der Waals surface area contributed by atoms with E-state index >= 15 is 0 Å². The molecule has 0 bridgehead atoms. The summed E-state index contributed by atoms with van der Waals surface area (Å²) in [5.74, 6) is -1.90. The number of nitrogens with one attached hydrogen (secondary N) is 2. The number of aliphatic carboxylic acids is 1. The number of Topliss-reactive ketones (excluding diaryl/α,β-unsaturated/α-hetero) is 1. The van der Waals surface area contributed by atoms with Gasteiger partial charge in [0.1, 0.15) is 19.3 Å². The molecule has 1 aromatic heterocycles. The number of esters is 1. The lowest BCUT2D eigenvalue weighted by molar-refractivity contribution is -0.154. The second kappa shape index (κ2) is 13.9. The molecule has 0 saturated heterocycles. The van der Waals surface area contributed by atoms with E-state index in [0.717, 1.165) is 0 Å². The standard InChI is InChI=1S/C23H39N5O7/c1-22(2,3)18(29)13-34-14-20(31)35-15-28-12-16(26-27-28)11-19(30)24-10-8-7-9-17(21(32)33)25-23(4,5)6/h12,17,25H,7-11,13-15H2,1-6H3,(H,24,30)(H,32,33)/t17-/m1/s1. The first-order valence-electron chi connectivity index (χ1n) is 11.6. The number of hydrogen-bond donors (Lipinski definition) is 3. The van der Waals surface area contributed by atoms with Gasteiger partial charge in [-0.1, -0.05) is 26.0 Å². The molecule has 0 spiro atoms. The van der Waals surface area contributed by atoms with Crippen molar-refractivity contribution >= 4 is 23.6 Å². The van der Waals surface area contributed by atoms with E-state index in [0.29, 0.717) is 31.5 Å². The lowest BCUT2D eigenvalue weighted by atomic mass is 9.91. The predicted octanol–water partition coefficient (Wildman–Crippen LogP) is 1.08. The number of aromatic nitrogens is 3. The third kappa shape index (κ3) is 13.6. The Morgan fingerprint density at radius 2 is 1.77 bits per heavy atom. The molecule has 12 nitrogen and oxygen atoms in total. The van der Waals surface area contributed by atoms with E-state index in [1.54, 1.807) is 20.8 Å². The van der Waals surface area contributed by atoms with Gasteiger partial charge in [-0.25, -0.2) is 9.48 Å². The number of carbonyl (C=O) groups is 4. The van der Waals surface area contributed by atoms with E-state index in [9.17, 15) is 24.3 Å². The fourth-order valence-electron chi connectivity index (χ4n) is 2.81. The third-order valence-corrected chi connectivity index (χ3v) is 4.72. The minimum absolute atomic E-state index is 0.00923. The largest absolute Gasteiger partial charge is 0.480 e. The molecular formula is C23H39N5O7. The van der Waals surface area contributed by atoms with Gasteiger partial charge in [0, 0.05) is 17.5 Å². The van der Waals surface area contributed by atoms with E-state index in [1.807, 2.05) is 20.8 Å². The van der Waals surface area contributed by atoms with Gasteiger partial charge in [-0.05, 0) is 40.0 Å². The van der Waals surface area contributed by atoms with Crippen LogP contribution in [0.15, 0.2) is 6.20 Å². The van der Waals surface area contributed by atoms with E-state index in [2.05, 4.69) is 20.9 Å². The van der Waals surface area contributed by atoms with Crippen LogP contribution in [0, 0.1) is 5.41 Å². The van der Waals surface area contributed by atoms with Crippen LogP contribution in [0.3, 0.4) is 0 Å². The molecule has 0 aromatic carbocycles. The molecule has 0 aliphatic rings. The fourth-order valence-corrected chi connectivity index (χ4v) is 2.81. The Labute approximate surface area is 206 Å². The number of nitrogens with zero attached hydrogens (tertiary/aromatic N) is 3. The van der Waals surface area contributed by atoms with Crippen LogP contribution in [-0.2, 0) is 41.8 Å². The van der Waals surface area contributed by atoms with Crippen molar-refractivity contribution in [3.63, 3.8) is 0 Å². The molecule has 35 heavy (non-hydrogen) atoms. The second-order valence-electron chi connectivity index (χ2n) is 10.4. The van der Waals surface area contributed by atoms with Gasteiger partial charge < -0.3 is 19.9 Å². The Morgan fingerprint density at radius 3 is 2.37 bits per heavy atom. The fraction of sp³-hybridized carbons (Fsp3) is 0.739. The van der Waals surface area contributed by atoms with Gasteiger partial charge in [0.05, 0.1) is 18.3 Å². The molecule has 1 atom stereocenters. The molecule has 0 radical (unpaired) electrons. The number of carboxylic acid groups (broad SMARTS) is 1. The highest BCUT2D eigenvalue weighted by Gasteiger charge is 2.23. The summed E-state index contributed by atoms with van der Waals surface area (Å²) in [6.45, 7) is 10.7. The van der Waals surface area contributed by atoms with Gasteiger partial charge in [-0.3, -0.25) is 19.7 Å². The Bertz CT molecular complexity index is 855. The quantitative estimate of drug-likeness (QED) is 0.236. The van der Waals surface area contributed by atoms with Crippen LogP contribution in [0.1, 0.15) is 66.5 Å². The zero-order chi connectivity index (χ0) is 26.6. The molecule has 1 aromatic rings. The molecule has 1 amide bonds. The monoisotopic (exact) mass is 497 g/mol. The second-order valence-corrected chi connectivity index (χ2v) is 10.4. The first-order valence-corrected chi connectivity index (χ1v) is 11.6. The minimum Gasteiger partial charge on any atom is -0.480 e. The molecule has 3 N–H and O–H groups in total. The maximum Gasteiger partial charge on any atom is 0.333 e. The van der Waals surface area contributed by atoms with Crippen molar-refractivity contribution < 1.29 is 33.8 Å². The molecule has 0 unspecified atom stereocenters. The van der Waals surface area contributed by atoms with Crippen molar-refractivity contribution in [1.82, 2.24) is 25.6 Å². The maximum atomic E-state index is 12.1. The van der Waals surface area contributed by atoms with Crippen LogP contribution in [0.5, 0.6) is 0 Å². The van der Waals surface area contributed by atoms with E-state index in [1.165, 1.54) is 10.9 Å². The van der Waals surface area contributed by atoms with Crippen molar-refractivity contribution in [3.05, 3.63) is 11.9 Å². The van der Waals surface area contributed by atoms with Gasteiger partial charge in [-0.2, -0.15) is 0 Å². The summed E-state index contributed by atoms with van der Waals surface area (Å²) in [5, 5.41) is 22.8. The van der Waals surface area contributed by atoms with Crippen LogP contribution >= 0.6 is 0 Å². The Hall–Kier alpha value is -2.86. The third-order valence-electron chi connectivity index (χ3n) is 4.72. The van der Waals surface area contributed by atoms with Crippen LogP contribution in [0.2, 0.25) is 0 Å². The summed E-state index contributed by atoms with van der Waals surface area (Å²) in [7, 11) is 0.